The molecule has 1 saturated heterocycles. The van der Waals surface area contributed by atoms with Crippen LogP contribution in [0.5, 0.6) is 5.75 Å². The number of ether oxygens (including phenoxy) is 1. The van der Waals surface area contributed by atoms with Crippen molar-refractivity contribution in [2.24, 2.45) is 12.5 Å². The molecule has 0 aliphatic carbocycles. The molecule has 6 rings (SSSR count). The van der Waals surface area contributed by atoms with E-state index in [4.69, 9.17) is 4.74 Å². The number of piperidine rings is 1. The molecule has 0 bridgehead atoms. The van der Waals surface area contributed by atoms with Gasteiger partial charge in [-0.25, -0.2) is 4.98 Å². The van der Waals surface area contributed by atoms with E-state index in [2.05, 4.69) is 20.0 Å². The van der Waals surface area contributed by atoms with Crippen molar-refractivity contribution in [3.63, 3.8) is 0 Å². The summed E-state index contributed by atoms with van der Waals surface area (Å²) < 4.78 is 8.22. The van der Waals surface area contributed by atoms with Gasteiger partial charge in [0.15, 0.2) is 0 Å². The Morgan fingerprint density at radius 3 is 2.45 bits per heavy atom. The average Bonchev–Trinajstić information content (AvgIpc) is 3.51. The second-order valence-corrected chi connectivity index (χ2v) is 11.8. The number of carbonyl (C=O) groups excluding carboxylic acids is 2. The van der Waals surface area contributed by atoms with Crippen LogP contribution in [0.2, 0.25) is 0 Å². The summed E-state index contributed by atoms with van der Waals surface area (Å²) in [7, 11) is 1.82. The molecule has 228 valence electrons. The van der Waals surface area contributed by atoms with Crippen LogP contribution in [0, 0.1) is 5.41 Å². The van der Waals surface area contributed by atoms with E-state index in [0.717, 1.165) is 43.6 Å². The Morgan fingerprint density at radius 1 is 0.909 bits per heavy atom. The number of carbonyl (C=O) groups is 2. The molecule has 0 unspecified atom stereocenters. The van der Waals surface area contributed by atoms with Gasteiger partial charge in [0.2, 0.25) is 0 Å². The second kappa shape index (κ2) is 13.3. The van der Waals surface area contributed by atoms with Crippen LogP contribution in [-0.2, 0) is 13.6 Å². The van der Waals surface area contributed by atoms with E-state index in [9.17, 15) is 9.59 Å². The summed E-state index contributed by atoms with van der Waals surface area (Å²) >= 11 is 0. The van der Waals surface area contributed by atoms with Crippen molar-refractivity contribution in [1.29, 1.82) is 0 Å². The Morgan fingerprint density at radius 2 is 1.70 bits per heavy atom. The molecule has 4 heterocycles. The van der Waals surface area contributed by atoms with Gasteiger partial charge in [0.25, 0.3) is 11.8 Å². The number of fused-ring (bicyclic) bond motifs is 1. The number of nitrogens with zero attached hydrogens (tertiary/aromatic N) is 7. The maximum atomic E-state index is 14.2. The van der Waals surface area contributed by atoms with E-state index < -0.39 is 0 Å². The Bertz CT molecular complexity index is 1550. The van der Waals surface area contributed by atoms with Crippen molar-refractivity contribution in [3.8, 4) is 5.75 Å². The summed E-state index contributed by atoms with van der Waals surface area (Å²) in [6.07, 6.45) is 12.1. The monoisotopic (exact) mass is 593 g/mol. The van der Waals surface area contributed by atoms with E-state index >= 15 is 0 Å². The van der Waals surface area contributed by atoms with Crippen molar-refractivity contribution < 1.29 is 14.3 Å². The van der Waals surface area contributed by atoms with Crippen molar-refractivity contribution >= 4 is 17.6 Å². The second-order valence-electron chi connectivity index (χ2n) is 11.8. The zero-order valence-electron chi connectivity index (χ0n) is 25.2. The van der Waals surface area contributed by atoms with E-state index in [-0.39, 0.29) is 17.2 Å². The molecule has 0 radical (unpaired) electrons. The molecule has 1 spiro atoms. The number of benzene rings is 2. The molecular formula is C34H39N7O3. The van der Waals surface area contributed by atoms with Gasteiger partial charge in [-0.2, -0.15) is 5.10 Å². The van der Waals surface area contributed by atoms with E-state index in [1.54, 1.807) is 35.7 Å². The SMILES string of the molecule is Cn1cc(C(=O)N2CCC3(CCCN(c4cnccn4)CCN(Cc4ccccc4)C(=O)c4ccccc4OC3)CC2)cn1. The van der Waals surface area contributed by atoms with Gasteiger partial charge in [-0.3, -0.25) is 19.3 Å². The smallest absolute Gasteiger partial charge is 0.257 e. The number of amides is 2. The third-order valence-corrected chi connectivity index (χ3v) is 8.87. The third kappa shape index (κ3) is 6.74. The molecule has 2 aliphatic rings. The number of rotatable bonds is 4. The zero-order valence-corrected chi connectivity index (χ0v) is 25.2. The van der Waals surface area contributed by atoms with E-state index in [0.29, 0.717) is 56.2 Å². The molecule has 2 aromatic carbocycles. The number of anilines is 1. The molecule has 44 heavy (non-hydrogen) atoms. The van der Waals surface area contributed by atoms with Crippen LogP contribution in [0.4, 0.5) is 5.82 Å². The van der Waals surface area contributed by atoms with Gasteiger partial charge in [0.05, 0.1) is 30.1 Å². The van der Waals surface area contributed by atoms with Crippen LogP contribution in [0.1, 0.15) is 52.0 Å². The highest BCUT2D eigenvalue weighted by Gasteiger charge is 2.37. The van der Waals surface area contributed by atoms with E-state index in [1.807, 2.05) is 71.4 Å². The van der Waals surface area contributed by atoms with E-state index in [1.165, 1.54) is 0 Å². The third-order valence-electron chi connectivity index (χ3n) is 8.87. The first-order valence-corrected chi connectivity index (χ1v) is 15.3. The average molecular weight is 594 g/mol. The van der Waals surface area contributed by atoms with Gasteiger partial charge in [-0.15, -0.1) is 0 Å². The lowest BCUT2D eigenvalue weighted by molar-refractivity contribution is 0.0363. The maximum absolute atomic E-state index is 14.2. The minimum Gasteiger partial charge on any atom is -0.492 e. The molecule has 0 saturated carbocycles. The van der Waals surface area contributed by atoms with Crippen molar-refractivity contribution in [1.82, 2.24) is 29.5 Å². The Labute approximate surface area is 258 Å². The van der Waals surface area contributed by atoms with Crippen molar-refractivity contribution in [2.75, 3.05) is 44.2 Å². The Hall–Kier alpha value is -4.73. The summed E-state index contributed by atoms with van der Waals surface area (Å²) in [5, 5.41) is 4.17. The molecule has 0 atom stereocenters. The molecule has 2 aliphatic heterocycles. The predicted molar refractivity (Wildman–Crippen MR) is 167 cm³/mol. The number of likely N-dealkylation sites (tertiary alicyclic amines) is 1. The van der Waals surface area contributed by atoms with Crippen LogP contribution in [0.3, 0.4) is 0 Å². The fourth-order valence-corrected chi connectivity index (χ4v) is 6.27. The zero-order chi connectivity index (χ0) is 30.4. The van der Waals surface area contributed by atoms with Crippen LogP contribution >= 0.6 is 0 Å². The number of para-hydroxylation sites is 1. The highest BCUT2D eigenvalue weighted by Crippen LogP contribution is 2.38. The molecule has 1 fully saturated rings. The highest BCUT2D eigenvalue weighted by molar-refractivity contribution is 5.97. The van der Waals surface area contributed by atoms with Crippen LogP contribution < -0.4 is 9.64 Å². The number of hydrogen-bond acceptors (Lipinski definition) is 7. The number of hydrogen-bond donors (Lipinski definition) is 0. The van der Waals surface area contributed by atoms with Crippen LogP contribution in [0.15, 0.2) is 85.6 Å². The van der Waals surface area contributed by atoms with Crippen molar-refractivity contribution in [2.45, 2.75) is 32.2 Å². The van der Waals surface area contributed by atoms with Crippen molar-refractivity contribution in [3.05, 3.63) is 102 Å². The minimum atomic E-state index is -0.131. The van der Waals surface area contributed by atoms with Crippen LogP contribution in [0.25, 0.3) is 0 Å². The fraction of sp³-hybridized carbons (Fsp3) is 0.382. The fourth-order valence-electron chi connectivity index (χ4n) is 6.27. The highest BCUT2D eigenvalue weighted by atomic mass is 16.5. The van der Waals surface area contributed by atoms with Gasteiger partial charge in [0.1, 0.15) is 11.6 Å². The minimum absolute atomic E-state index is 0.0155. The Kier molecular flexibility index (Phi) is 8.86. The molecule has 0 N–H and O–H groups in total. The number of aromatic nitrogens is 4. The lowest BCUT2D eigenvalue weighted by Crippen LogP contribution is -2.46. The molecule has 10 heteroatoms. The first-order chi connectivity index (χ1) is 21.5. The first-order valence-electron chi connectivity index (χ1n) is 15.3. The largest absolute Gasteiger partial charge is 0.492 e. The predicted octanol–water partition coefficient (Wildman–Crippen LogP) is 4.45. The standard InChI is InChI=1S/C34H39N7O3/c1-38-25-28(22-37-38)32(42)40-18-13-34(14-19-40)12-7-17-39(31-23-35-15-16-36-31)20-21-41(24-27-8-3-2-4-9-27)33(43)29-10-5-6-11-30(29)44-26-34/h2-6,8-11,15-16,22-23,25H,7,12-14,17-21,24,26H2,1H3. The topological polar surface area (TPSA) is 96.7 Å². The summed E-state index contributed by atoms with van der Waals surface area (Å²) in [5.41, 5.74) is 2.12. The summed E-state index contributed by atoms with van der Waals surface area (Å²) in [4.78, 5) is 42.3. The van der Waals surface area contributed by atoms with Gasteiger partial charge < -0.3 is 19.4 Å². The Balaban J connectivity index is 1.27. The van der Waals surface area contributed by atoms with Gasteiger partial charge in [-0.1, -0.05) is 42.5 Å². The summed E-state index contributed by atoms with van der Waals surface area (Å²) in [6.45, 7) is 4.20. The van der Waals surface area contributed by atoms with Crippen LogP contribution in [-0.4, -0.2) is 80.7 Å². The molecular weight excluding hydrogens is 554 g/mol. The summed E-state index contributed by atoms with van der Waals surface area (Å²) in [5.74, 6) is 1.36. The lowest BCUT2D eigenvalue weighted by atomic mass is 9.75. The normalized spacial score (nSPS) is 17.7. The molecule has 2 amide bonds. The number of aryl methyl sites for hydroxylation is 1. The van der Waals surface area contributed by atoms with Gasteiger partial charge in [-0.05, 0) is 43.4 Å². The maximum Gasteiger partial charge on any atom is 0.257 e. The van der Waals surface area contributed by atoms with Gasteiger partial charge >= 0.3 is 0 Å². The first kappa shape index (κ1) is 29.3. The molecule has 10 nitrogen and oxygen atoms in total. The lowest BCUT2D eigenvalue weighted by Gasteiger charge is -2.42. The quantitative estimate of drug-likeness (QED) is 0.345. The van der Waals surface area contributed by atoms with Gasteiger partial charge in [0, 0.05) is 70.3 Å². The molecule has 2 aromatic heterocycles. The summed E-state index contributed by atoms with van der Waals surface area (Å²) in [6, 6.07) is 17.6. The molecule has 4 aromatic rings.